The van der Waals surface area contributed by atoms with Gasteiger partial charge in [-0.15, -0.1) is 15.3 Å². The average Bonchev–Trinajstić information content (AvgIpc) is 2.91. The number of fused-ring (bicyclic) bond motifs is 1. The highest BCUT2D eigenvalue weighted by molar-refractivity contribution is 6.31. The van der Waals surface area contributed by atoms with Gasteiger partial charge in [0.15, 0.2) is 5.65 Å². The Morgan fingerprint density at radius 2 is 2.05 bits per heavy atom. The Labute approximate surface area is 127 Å². The Morgan fingerprint density at radius 3 is 2.77 bits per heavy atom. The second-order valence-electron chi connectivity index (χ2n) is 4.13. The van der Waals surface area contributed by atoms with Crippen molar-refractivity contribution >= 4 is 17.2 Å². The van der Waals surface area contributed by atoms with Crippen molar-refractivity contribution in [2.24, 2.45) is 0 Å². The van der Waals surface area contributed by atoms with Gasteiger partial charge in [0.1, 0.15) is 17.4 Å². The number of benzene rings is 1. The van der Waals surface area contributed by atoms with Gasteiger partial charge in [-0.25, -0.2) is 8.78 Å². The van der Waals surface area contributed by atoms with E-state index in [0.717, 1.165) is 4.52 Å². The van der Waals surface area contributed by atoms with Crippen LogP contribution in [0.2, 0.25) is 5.02 Å². The summed E-state index contributed by atoms with van der Waals surface area (Å²) in [5.41, 5.74) is 0.290. The number of aromatic nitrogens is 4. The molecule has 9 heteroatoms. The van der Waals surface area contributed by atoms with E-state index in [9.17, 15) is 8.78 Å². The lowest BCUT2D eigenvalue weighted by molar-refractivity contribution is 0.137. The van der Waals surface area contributed by atoms with Crippen LogP contribution in [0.5, 0.6) is 11.6 Å². The smallest absolute Gasteiger partial charge is 0.299 e. The molecule has 3 aromatic rings. The molecule has 0 radical (unpaired) electrons. The standard InChI is InChI=1S/C13H6ClF2N5O/c14-8-2-1-3-9(7(8)6-17)22-11-5-4-10-18-19-13(12(15)16)21(10)20-11/h1-5,12H. The van der Waals surface area contributed by atoms with Crippen LogP contribution in [0, 0.1) is 11.3 Å². The monoisotopic (exact) mass is 321 g/mol. The van der Waals surface area contributed by atoms with Crippen molar-refractivity contribution in [2.75, 3.05) is 0 Å². The number of hydrogen-bond acceptors (Lipinski definition) is 5. The third-order valence-corrected chi connectivity index (χ3v) is 3.07. The van der Waals surface area contributed by atoms with Gasteiger partial charge in [0.05, 0.1) is 5.02 Å². The van der Waals surface area contributed by atoms with E-state index >= 15 is 0 Å². The molecule has 0 atom stereocenters. The zero-order valence-corrected chi connectivity index (χ0v) is 11.5. The molecule has 3 rings (SSSR count). The van der Waals surface area contributed by atoms with Gasteiger partial charge >= 0.3 is 0 Å². The Balaban J connectivity index is 2.03. The first-order valence-corrected chi connectivity index (χ1v) is 6.35. The molecule has 0 aliphatic heterocycles. The van der Waals surface area contributed by atoms with Crippen LogP contribution in [-0.4, -0.2) is 19.8 Å². The van der Waals surface area contributed by atoms with Crippen molar-refractivity contribution in [1.82, 2.24) is 19.8 Å². The molecule has 110 valence electrons. The van der Waals surface area contributed by atoms with Crippen molar-refractivity contribution in [2.45, 2.75) is 6.43 Å². The first-order chi connectivity index (χ1) is 10.6. The zero-order chi connectivity index (χ0) is 15.7. The van der Waals surface area contributed by atoms with Crippen molar-refractivity contribution in [1.29, 1.82) is 5.26 Å². The van der Waals surface area contributed by atoms with Crippen LogP contribution >= 0.6 is 11.6 Å². The summed E-state index contributed by atoms with van der Waals surface area (Å²) in [5, 5.41) is 20.1. The van der Waals surface area contributed by atoms with Gasteiger partial charge in [-0.2, -0.15) is 9.78 Å². The summed E-state index contributed by atoms with van der Waals surface area (Å²) < 4.78 is 31.9. The Morgan fingerprint density at radius 1 is 1.23 bits per heavy atom. The summed E-state index contributed by atoms with van der Waals surface area (Å²) in [6, 6.07) is 9.43. The van der Waals surface area contributed by atoms with E-state index in [0.29, 0.717) is 0 Å². The first-order valence-electron chi connectivity index (χ1n) is 5.97. The predicted octanol–water partition coefficient (Wildman–Crippen LogP) is 3.38. The normalized spacial score (nSPS) is 10.9. The number of nitrogens with zero attached hydrogens (tertiary/aromatic N) is 5. The molecule has 2 heterocycles. The average molecular weight is 322 g/mol. The van der Waals surface area contributed by atoms with Crippen LogP contribution in [0.15, 0.2) is 30.3 Å². The second kappa shape index (κ2) is 5.54. The second-order valence-corrected chi connectivity index (χ2v) is 4.53. The van der Waals surface area contributed by atoms with E-state index in [4.69, 9.17) is 21.6 Å². The molecule has 0 bridgehead atoms. The molecule has 0 saturated carbocycles. The lowest BCUT2D eigenvalue weighted by atomic mass is 10.2. The quantitative estimate of drug-likeness (QED) is 0.739. The van der Waals surface area contributed by atoms with E-state index in [2.05, 4.69) is 15.3 Å². The van der Waals surface area contributed by atoms with Crippen molar-refractivity contribution < 1.29 is 13.5 Å². The Hall–Kier alpha value is -2.79. The molecule has 0 fully saturated rings. The number of nitriles is 1. The Bertz CT molecular complexity index is 890. The first kappa shape index (κ1) is 14.2. The molecule has 1 aromatic carbocycles. The number of hydrogen-bond donors (Lipinski definition) is 0. The van der Waals surface area contributed by atoms with Crippen LogP contribution in [0.4, 0.5) is 8.78 Å². The number of rotatable bonds is 3. The molecule has 0 unspecified atom stereocenters. The van der Waals surface area contributed by atoms with Gasteiger partial charge in [0.2, 0.25) is 11.7 Å². The maximum absolute atomic E-state index is 12.8. The molecular weight excluding hydrogens is 316 g/mol. The van der Waals surface area contributed by atoms with Crippen molar-refractivity contribution in [3.8, 4) is 17.7 Å². The van der Waals surface area contributed by atoms with Crippen LogP contribution < -0.4 is 4.74 Å². The fourth-order valence-corrected chi connectivity index (χ4v) is 2.00. The van der Waals surface area contributed by atoms with Gasteiger partial charge in [0, 0.05) is 6.07 Å². The Kier molecular flexibility index (Phi) is 3.56. The van der Waals surface area contributed by atoms with Crippen LogP contribution in [0.3, 0.4) is 0 Å². The van der Waals surface area contributed by atoms with Crippen molar-refractivity contribution in [3.05, 3.63) is 46.7 Å². The SMILES string of the molecule is N#Cc1c(Cl)cccc1Oc1ccc2nnc(C(F)F)n2n1. The van der Waals surface area contributed by atoms with Gasteiger partial charge in [0.25, 0.3) is 6.43 Å². The highest BCUT2D eigenvalue weighted by Gasteiger charge is 2.18. The zero-order valence-electron chi connectivity index (χ0n) is 10.7. The third kappa shape index (κ3) is 2.42. The molecule has 0 aliphatic rings. The molecule has 2 aromatic heterocycles. The molecule has 0 spiro atoms. The largest absolute Gasteiger partial charge is 0.436 e. The molecule has 0 saturated heterocycles. The van der Waals surface area contributed by atoms with Crippen molar-refractivity contribution in [3.63, 3.8) is 0 Å². The number of halogens is 3. The lowest BCUT2D eigenvalue weighted by Crippen LogP contribution is -2.01. The third-order valence-electron chi connectivity index (χ3n) is 2.76. The molecule has 0 amide bonds. The summed E-state index contributed by atoms with van der Waals surface area (Å²) >= 11 is 5.89. The highest BCUT2D eigenvalue weighted by atomic mass is 35.5. The lowest BCUT2D eigenvalue weighted by Gasteiger charge is -2.07. The summed E-state index contributed by atoms with van der Waals surface area (Å²) in [6.07, 6.45) is -2.82. The minimum absolute atomic E-state index is 0.00738. The predicted molar refractivity (Wildman–Crippen MR) is 72.0 cm³/mol. The molecule has 0 aliphatic carbocycles. The maximum atomic E-state index is 12.8. The number of ether oxygens (including phenoxy) is 1. The maximum Gasteiger partial charge on any atom is 0.299 e. The van der Waals surface area contributed by atoms with Crippen LogP contribution in [0.1, 0.15) is 17.8 Å². The molecule has 0 N–H and O–H groups in total. The van der Waals surface area contributed by atoms with Gasteiger partial charge in [-0.05, 0) is 18.2 Å². The van der Waals surface area contributed by atoms with E-state index in [1.807, 2.05) is 6.07 Å². The summed E-state index contributed by atoms with van der Waals surface area (Å²) in [6.45, 7) is 0. The summed E-state index contributed by atoms with van der Waals surface area (Å²) in [4.78, 5) is 0. The van der Waals surface area contributed by atoms with E-state index in [1.54, 1.807) is 6.07 Å². The minimum Gasteiger partial charge on any atom is -0.436 e. The van der Waals surface area contributed by atoms with Gasteiger partial charge < -0.3 is 4.74 Å². The van der Waals surface area contributed by atoms with E-state index in [-0.39, 0.29) is 27.9 Å². The van der Waals surface area contributed by atoms with Gasteiger partial charge in [-0.3, -0.25) is 0 Å². The summed E-state index contributed by atoms with van der Waals surface area (Å²) in [5.74, 6) is -0.409. The topological polar surface area (TPSA) is 76.1 Å². The van der Waals surface area contributed by atoms with E-state index < -0.39 is 12.2 Å². The summed E-state index contributed by atoms with van der Waals surface area (Å²) in [7, 11) is 0. The van der Waals surface area contributed by atoms with Crippen LogP contribution in [0.25, 0.3) is 5.65 Å². The highest BCUT2D eigenvalue weighted by Crippen LogP contribution is 2.29. The fraction of sp³-hybridized carbons (Fsp3) is 0.0769. The molecule has 22 heavy (non-hydrogen) atoms. The number of alkyl halides is 2. The van der Waals surface area contributed by atoms with Crippen LogP contribution in [-0.2, 0) is 0 Å². The minimum atomic E-state index is -2.82. The van der Waals surface area contributed by atoms with E-state index in [1.165, 1.54) is 24.3 Å². The fourth-order valence-electron chi connectivity index (χ4n) is 1.79. The van der Waals surface area contributed by atoms with Gasteiger partial charge in [-0.1, -0.05) is 17.7 Å². The molecular formula is C13H6ClF2N5O. The molecule has 6 nitrogen and oxygen atoms in total.